The minimum absolute atomic E-state index is 0.0770. The van der Waals surface area contributed by atoms with E-state index in [1.807, 2.05) is 43.3 Å². The van der Waals surface area contributed by atoms with Crippen molar-refractivity contribution in [3.05, 3.63) is 70.4 Å². The molecule has 3 aromatic rings. The lowest BCUT2D eigenvalue weighted by atomic mass is 9.87. The molecule has 0 spiro atoms. The molecule has 1 N–H and O–H groups in total. The van der Waals surface area contributed by atoms with Crippen LogP contribution in [0.15, 0.2) is 42.5 Å². The zero-order valence-corrected chi connectivity index (χ0v) is 14.4. The van der Waals surface area contributed by atoms with Crippen molar-refractivity contribution in [2.75, 3.05) is 0 Å². The Labute approximate surface area is 150 Å². The van der Waals surface area contributed by atoms with Crippen molar-refractivity contribution in [1.82, 2.24) is 9.97 Å². The zero-order chi connectivity index (χ0) is 18.1. The molecule has 1 aliphatic rings. The molecule has 4 rings (SSSR count). The van der Waals surface area contributed by atoms with Gasteiger partial charge in [0.25, 0.3) is 0 Å². The van der Waals surface area contributed by atoms with E-state index in [9.17, 15) is 10.3 Å². The van der Waals surface area contributed by atoms with Crippen LogP contribution in [0.25, 0.3) is 16.4 Å². The number of nitrogens with one attached hydrogen (secondary N) is 1. The van der Waals surface area contributed by atoms with E-state index >= 15 is 0 Å². The molecule has 26 heavy (non-hydrogen) atoms. The van der Waals surface area contributed by atoms with Crippen LogP contribution in [0.1, 0.15) is 35.1 Å². The molecule has 130 valence electrons. The molecule has 1 unspecified atom stereocenters. The quantitative estimate of drug-likeness (QED) is 0.583. The van der Waals surface area contributed by atoms with Crippen molar-refractivity contribution in [2.45, 2.75) is 26.4 Å². The number of ketones is 1. The Morgan fingerprint density at radius 1 is 1.27 bits per heavy atom. The van der Waals surface area contributed by atoms with Crippen LogP contribution < -0.4 is 10.2 Å². The maximum absolute atomic E-state index is 12.3. The minimum Gasteiger partial charge on any atom is -0.497 e. The minimum atomic E-state index is 0.0770. The van der Waals surface area contributed by atoms with Gasteiger partial charge in [-0.2, -0.15) is 0 Å². The van der Waals surface area contributed by atoms with Crippen LogP contribution in [0.2, 0.25) is 0 Å². The van der Waals surface area contributed by atoms with E-state index < -0.39 is 0 Å². The molecule has 0 saturated carbocycles. The smallest absolute Gasteiger partial charge is 0.400 e. The molecule has 2 aromatic heterocycles. The summed E-state index contributed by atoms with van der Waals surface area (Å²) in [4.78, 5) is 23.2. The second-order valence-electron chi connectivity index (χ2n) is 6.69. The third-order valence-electron chi connectivity index (χ3n) is 4.62. The van der Waals surface area contributed by atoms with Crippen molar-refractivity contribution in [3.63, 3.8) is 0 Å². The number of Topliss-reactive ketones (excluding diaryl/α,β-unsaturated/α-hetero) is 1. The number of hydrogen-bond donors (Lipinski definition) is 1. The molecule has 1 atom stereocenters. The highest BCUT2D eigenvalue weighted by Crippen LogP contribution is 2.25. The number of carbonyl (C=O) groups excluding carboxylic acids is 1. The molecule has 1 aliphatic carbocycles. The maximum atomic E-state index is 12.3. The van der Waals surface area contributed by atoms with Crippen LogP contribution >= 0.6 is 0 Å². The van der Waals surface area contributed by atoms with Crippen LogP contribution in [-0.4, -0.2) is 20.5 Å². The largest absolute Gasteiger partial charge is 0.497 e. The number of ether oxygens (including phenoxy) is 1. The first-order valence-electron chi connectivity index (χ1n) is 8.59. The van der Waals surface area contributed by atoms with E-state index in [4.69, 9.17) is 4.74 Å². The third-order valence-corrected chi connectivity index (χ3v) is 4.62. The number of carbonyl (C=O) groups is 1. The van der Waals surface area contributed by atoms with Crippen LogP contribution in [0.5, 0.6) is 5.75 Å². The fourth-order valence-corrected chi connectivity index (χ4v) is 3.34. The van der Waals surface area contributed by atoms with Gasteiger partial charge < -0.3 is 15.1 Å². The average Bonchev–Trinajstić information content (AvgIpc) is 2.65. The third kappa shape index (κ3) is 3.03. The van der Waals surface area contributed by atoms with Crippen molar-refractivity contribution in [1.29, 1.82) is 0 Å². The lowest BCUT2D eigenvalue weighted by Crippen LogP contribution is -2.25. The molecule has 6 nitrogen and oxygen atoms in total. The lowest BCUT2D eigenvalue weighted by Gasteiger charge is -2.18. The van der Waals surface area contributed by atoms with E-state index in [0.717, 1.165) is 28.7 Å². The number of rotatable bonds is 3. The Balaban J connectivity index is 1.64. The molecule has 0 aliphatic heterocycles. The predicted octanol–water partition coefficient (Wildman–Crippen LogP) is 3.04. The van der Waals surface area contributed by atoms with Gasteiger partial charge in [0, 0.05) is 24.3 Å². The van der Waals surface area contributed by atoms with E-state index in [2.05, 4.69) is 14.8 Å². The molecule has 1 aromatic carbocycles. The fourth-order valence-electron chi connectivity index (χ4n) is 3.34. The molecule has 2 heterocycles. The summed E-state index contributed by atoms with van der Waals surface area (Å²) in [6.45, 7) is 2.24. The van der Waals surface area contributed by atoms with Crippen molar-refractivity contribution >= 4 is 16.7 Å². The van der Waals surface area contributed by atoms with Gasteiger partial charge in [-0.1, -0.05) is 31.2 Å². The number of para-hydroxylation sites is 1. The van der Waals surface area contributed by atoms with E-state index in [1.165, 1.54) is 0 Å². The molecule has 0 saturated heterocycles. The topological polar surface area (TPSA) is 91.4 Å². The number of nitrogens with zero attached hydrogens (tertiary/aromatic N) is 3. The molecule has 0 amide bonds. The molecule has 0 radical (unpaired) electrons. The van der Waals surface area contributed by atoms with Crippen LogP contribution in [0.3, 0.4) is 0 Å². The van der Waals surface area contributed by atoms with Gasteiger partial charge in [-0.05, 0) is 18.1 Å². The molecular weight excluding hydrogens is 328 g/mol. The Hall–Kier alpha value is -3.24. The molecule has 0 bridgehead atoms. The summed E-state index contributed by atoms with van der Waals surface area (Å²) in [5.41, 5.74) is 12.6. The van der Waals surface area contributed by atoms with Gasteiger partial charge in [-0.3, -0.25) is 4.79 Å². The SMILES string of the molecule is CC1CC(=O)c2cc(OCc3ccc4ccccc4n3)c(=[N+]=[N-])[nH]c2C1. The molecule has 0 fully saturated rings. The van der Waals surface area contributed by atoms with Gasteiger partial charge in [0.05, 0.1) is 16.8 Å². The highest BCUT2D eigenvalue weighted by molar-refractivity contribution is 5.98. The highest BCUT2D eigenvalue weighted by atomic mass is 16.5. The standard InChI is InChI=1S/C20H18N4O2/c1-12-8-17-15(18(25)9-12)10-19(20(23-17)24-21)26-11-14-7-6-13-4-2-3-5-16(13)22-14/h2-7,10,12,23H,8-9,11H2,1H3. The summed E-state index contributed by atoms with van der Waals surface area (Å²) in [6, 6.07) is 13.4. The van der Waals surface area contributed by atoms with Gasteiger partial charge >= 0.3 is 5.49 Å². The Morgan fingerprint density at radius 3 is 2.96 bits per heavy atom. The highest BCUT2D eigenvalue weighted by Gasteiger charge is 2.27. The predicted molar refractivity (Wildman–Crippen MR) is 95.4 cm³/mol. The summed E-state index contributed by atoms with van der Waals surface area (Å²) in [6.07, 6.45) is 1.26. The second-order valence-corrected chi connectivity index (χ2v) is 6.69. The molecule has 6 heteroatoms. The first-order valence-corrected chi connectivity index (χ1v) is 8.59. The van der Waals surface area contributed by atoms with Crippen molar-refractivity contribution in [3.8, 4) is 5.75 Å². The first-order chi connectivity index (χ1) is 12.6. The lowest BCUT2D eigenvalue weighted by molar-refractivity contribution is -0.0762. The van der Waals surface area contributed by atoms with Gasteiger partial charge in [0.2, 0.25) is 5.75 Å². The summed E-state index contributed by atoms with van der Waals surface area (Å²) < 4.78 is 5.80. The van der Waals surface area contributed by atoms with Gasteiger partial charge in [-0.15, -0.1) is 0 Å². The summed E-state index contributed by atoms with van der Waals surface area (Å²) in [5, 5.41) is 1.06. The van der Waals surface area contributed by atoms with E-state index in [1.54, 1.807) is 6.07 Å². The van der Waals surface area contributed by atoms with Crippen LogP contribution in [0.4, 0.5) is 0 Å². The van der Waals surface area contributed by atoms with Crippen molar-refractivity contribution in [2.24, 2.45) is 5.92 Å². The van der Waals surface area contributed by atoms with Gasteiger partial charge in [0.15, 0.2) is 5.78 Å². The second kappa shape index (κ2) is 6.58. The number of aromatic amines is 1. The number of benzene rings is 1. The zero-order valence-electron chi connectivity index (χ0n) is 14.4. The summed E-state index contributed by atoms with van der Waals surface area (Å²) in [7, 11) is 0. The Kier molecular flexibility index (Phi) is 4.11. The van der Waals surface area contributed by atoms with Crippen molar-refractivity contribution < 1.29 is 14.3 Å². The number of aromatic nitrogens is 2. The fraction of sp³-hybridized carbons (Fsp3) is 0.250. The van der Waals surface area contributed by atoms with E-state index in [0.29, 0.717) is 17.7 Å². The number of pyridine rings is 2. The maximum Gasteiger partial charge on any atom is 0.400 e. The monoisotopic (exact) mass is 346 g/mol. The normalized spacial score (nSPS) is 16.2. The number of hydrogen-bond acceptors (Lipinski definition) is 3. The number of fused-ring (bicyclic) bond motifs is 2. The average molecular weight is 346 g/mol. The molecular formula is C20H18N4O2. The van der Waals surface area contributed by atoms with E-state index in [-0.39, 0.29) is 23.8 Å². The van der Waals surface area contributed by atoms with Gasteiger partial charge in [0.1, 0.15) is 12.3 Å². The van der Waals surface area contributed by atoms with Crippen LogP contribution in [-0.2, 0) is 13.0 Å². The first kappa shape index (κ1) is 16.2. The summed E-state index contributed by atoms with van der Waals surface area (Å²) >= 11 is 0. The number of H-pyrrole nitrogens is 1. The van der Waals surface area contributed by atoms with Crippen LogP contribution in [0, 0.1) is 5.92 Å². The summed E-state index contributed by atoms with van der Waals surface area (Å²) in [5.74, 6) is 0.684. The Morgan fingerprint density at radius 2 is 2.12 bits per heavy atom. The Bertz CT molecular complexity index is 1100. The van der Waals surface area contributed by atoms with Gasteiger partial charge in [-0.25, -0.2) is 9.97 Å².